The summed E-state index contributed by atoms with van der Waals surface area (Å²) in [5.74, 6) is 0.210. The lowest BCUT2D eigenvalue weighted by Crippen LogP contribution is -2.15. The van der Waals surface area contributed by atoms with Crippen molar-refractivity contribution >= 4 is 16.9 Å². The van der Waals surface area contributed by atoms with E-state index in [9.17, 15) is 4.79 Å². The zero-order chi connectivity index (χ0) is 14.0. The minimum Gasteiger partial charge on any atom is -0.426 e. The number of aromatic amines is 1. The average molecular weight is 247 g/mol. The largest absolute Gasteiger partial charge is 0.426 e. The number of likely N-dealkylation sites (N-methyl/N-ethyl adjacent to an activating group) is 1. The summed E-state index contributed by atoms with van der Waals surface area (Å²) in [5.41, 5.74) is 1.90. The number of benzene rings is 1. The summed E-state index contributed by atoms with van der Waals surface area (Å²) in [4.78, 5) is 16.1. The van der Waals surface area contributed by atoms with E-state index in [2.05, 4.69) is 4.98 Å². The summed E-state index contributed by atoms with van der Waals surface area (Å²) >= 11 is 0. The van der Waals surface area contributed by atoms with Crippen molar-refractivity contribution < 1.29 is 10.9 Å². The molecule has 2 rings (SSSR count). The molecule has 1 heterocycles. The van der Waals surface area contributed by atoms with Crippen molar-refractivity contribution in [1.29, 1.82) is 0 Å². The van der Waals surface area contributed by atoms with Crippen LogP contribution in [0.5, 0.6) is 5.75 Å². The van der Waals surface area contributed by atoms with Gasteiger partial charge < -0.3 is 14.6 Å². The number of carbonyl (C=O) groups is 1. The van der Waals surface area contributed by atoms with Crippen molar-refractivity contribution in [2.75, 3.05) is 20.6 Å². The van der Waals surface area contributed by atoms with Crippen LogP contribution in [0.2, 0.25) is 0 Å². The van der Waals surface area contributed by atoms with Crippen LogP contribution in [0.25, 0.3) is 10.9 Å². The summed E-state index contributed by atoms with van der Waals surface area (Å²) in [6.45, 7) is 1.06. The van der Waals surface area contributed by atoms with Crippen molar-refractivity contribution in [3.63, 3.8) is 0 Å². The van der Waals surface area contributed by atoms with Gasteiger partial charge in [-0.1, -0.05) is 6.07 Å². The molecule has 2 aromatic rings. The number of esters is 1. The fourth-order valence-corrected chi connectivity index (χ4v) is 1.90. The van der Waals surface area contributed by atoms with Crippen LogP contribution in [0, 0.1) is 0 Å². The molecule has 0 aliphatic carbocycles. The Morgan fingerprint density at radius 2 is 2.28 bits per heavy atom. The van der Waals surface area contributed by atoms with Gasteiger partial charge >= 0.3 is 5.97 Å². The molecule has 0 aliphatic rings. The van der Waals surface area contributed by atoms with Crippen molar-refractivity contribution in [3.05, 3.63) is 30.0 Å². The highest BCUT2D eigenvalue weighted by atomic mass is 16.5. The fourth-order valence-electron chi connectivity index (χ4n) is 1.90. The van der Waals surface area contributed by atoms with E-state index in [0.717, 1.165) is 16.5 Å². The van der Waals surface area contributed by atoms with Gasteiger partial charge in [0.05, 0.1) is 0 Å². The van der Waals surface area contributed by atoms with E-state index in [1.165, 1.54) is 6.92 Å². The molecule has 96 valence electrons. The number of aromatic nitrogens is 1. The highest BCUT2D eigenvalue weighted by Crippen LogP contribution is 2.29. The molecule has 1 aromatic carbocycles. The summed E-state index contributed by atoms with van der Waals surface area (Å²) < 4.78 is 13.2. The van der Waals surface area contributed by atoms with Crippen LogP contribution in [0.4, 0.5) is 0 Å². The molecule has 0 saturated heterocycles. The maximum absolute atomic E-state index is 11.1. The predicted octanol–water partition coefficient (Wildman–Crippen LogP) is 2.20. The summed E-state index contributed by atoms with van der Waals surface area (Å²) in [6, 6.07) is 5.54. The summed E-state index contributed by atoms with van der Waals surface area (Å²) in [5, 5.41) is 0.886. The van der Waals surface area contributed by atoms with Gasteiger partial charge in [0.2, 0.25) is 0 Å². The molecule has 1 atom stereocenters. The van der Waals surface area contributed by atoms with E-state index in [1.54, 1.807) is 6.07 Å². The van der Waals surface area contributed by atoms with Crippen LogP contribution in [-0.2, 0) is 11.2 Å². The quantitative estimate of drug-likeness (QED) is 0.665. The SMILES string of the molecule is [2H]C(Cc1c[nH]c2cccc(OC(C)=O)c12)N(C)C. The minimum absolute atomic E-state index is 0.329. The predicted molar refractivity (Wildman–Crippen MR) is 71.9 cm³/mol. The molecule has 4 nitrogen and oxygen atoms in total. The fraction of sp³-hybridized carbons (Fsp3) is 0.357. The minimum atomic E-state index is -0.338. The first kappa shape index (κ1) is 11.3. The van der Waals surface area contributed by atoms with E-state index >= 15 is 0 Å². The molecule has 0 saturated carbocycles. The Bertz CT molecular complexity index is 592. The molecular formula is C14H18N2O2. The number of H-pyrrole nitrogens is 1. The Hall–Kier alpha value is -1.81. The number of ether oxygens (including phenoxy) is 1. The second kappa shape index (κ2) is 5.23. The Morgan fingerprint density at radius 1 is 1.50 bits per heavy atom. The lowest BCUT2D eigenvalue weighted by molar-refractivity contribution is -0.131. The third-order valence-corrected chi connectivity index (χ3v) is 2.68. The van der Waals surface area contributed by atoms with Gasteiger partial charge in [-0.3, -0.25) is 4.79 Å². The highest BCUT2D eigenvalue weighted by Gasteiger charge is 2.11. The number of hydrogen-bond acceptors (Lipinski definition) is 3. The van der Waals surface area contributed by atoms with Gasteiger partial charge in [-0.25, -0.2) is 0 Å². The van der Waals surface area contributed by atoms with Gasteiger partial charge in [0.25, 0.3) is 0 Å². The molecule has 1 N–H and O–H groups in total. The second-order valence-electron chi connectivity index (χ2n) is 4.44. The number of rotatable bonds is 4. The average Bonchev–Trinajstić information content (AvgIpc) is 2.72. The van der Waals surface area contributed by atoms with Crippen LogP contribution < -0.4 is 4.74 Å². The molecule has 0 amide bonds. The van der Waals surface area contributed by atoms with Gasteiger partial charge in [0.15, 0.2) is 0 Å². The van der Waals surface area contributed by atoms with Crippen molar-refractivity contribution in [2.45, 2.75) is 13.3 Å². The third kappa shape index (κ3) is 2.71. The van der Waals surface area contributed by atoms with Gasteiger partial charge in [-0.15, -0.1) is 0 Å². The molecule has 0 fully saturated rings. The molecular weight excluding hydrogens is 228 g/mol. The molecule has 18 heavy (non-hydrogen) atoms. The number of nitrogens with one attached hydrogen (secondary N) is 1. The van der Waals surface area contributed by atoms with E-state index in [4.69, 9.17) is 6.11 Å². The van der Waals surface area contributed by atoms with Crippen LogP contribution in [0.15, 0.2) is 24.4 Å². The number of aryl methyl sites for hydroxylation is 1. The Morgan fingerprint density at radius 3 is 2.94 bits per heavy atom. The second-order valence-corrected chi connectivity index (χ2v) is 4.44. The van der Waals surface area contributed by atoms with Gasteiger partial charge in [0.1, 0.15) is 5.75 Å². The van der Waals surface area contributed by atoms with Crippen LogP contribution in [-0.4, -0.2) is 36.5 Å². The first-order valence-electron chi connectivity index (χ1n) is 6.43. The number of hydrogen-bond donors (Lipinski definition) is 1. The monoisotopic (exact) mass is 247 g/mol. The first-order valence-corrected chi connectivity index (χ1v) is 5.85. The standard InChI is InChI=1S/C14H18N2O2/c1-10(17)18-13-6-4-5-12-14(13)11(9-15-12)7-8-16(2)3/h4-6,9,15H,7-8H2,1-3H3/i8D. The van der Waals surface area contributed by atoms with E-state index in [0.29, 0.717) is 12.2 Å². The Kier molecular flexibility index (Phi) is 3.28. The Balaban J connectivity index is 2.41. The smallest absolute Gasteiger partial charge is 0.308 e. The Labute approximate surface area is 108 Å². The van der Waals surface area contributed by atoms with E-state index < -0.39 is 0 Å². The first-order chi connectivity index (χ1) is 8.99. The number of nitrogens with zero attached hydrogens (tertiary/aromatic N) is 1. The summed E-state index contributed by atoms with van der Waals surface area (Å²) in [6.07, 6.45) is 2.45. The van der Waals surface area contributed by atoms with E-state index in [-0.39, 0.29) is 12.5 Å². The normalized spacial score (nSPS) is 13.7. The maximum Gasteiger partial charge on any atom is 0.308 e. The zero-order valence-electron chi connectivity index (χ0n) is 11.9. The van der Waals surface area contributed by atoms with Crippen LogP contribution in [0.3, 0.4) is 0 Å². The third-order valence-electron chi connectivity index (χ3n) is 2.68. The molecule has 0 bridgehead atoms. The summed E-state index contributed by atoms with van der Waals surface area (Å²) in [7, 11) is 3.75. The van der Waals surface area contributed by atoms with Crippen molar-refractivity contribution in [3.8, 4) is 5.75 Å². The van der Waals surface area contributed by atoms with Crippen molar-refractivity contribution in [2.24, 2.45) is 0 Å². The van der Waals surface area contributed by atoms with Gasteiger partial charge in [0, 0.05) is 31.9 Å². The van der Waals surface area contributed by atoms with Crippen LogP contribution >= 0.6 is 0 Å². The van der Waals surface area contributed by atoms with Gasteiger partial charge in [-0.05, 0) is 38.2 Å². The molecule has 1 aromatic heterocycles. The molecule has 0 aliphatic heterocycles. The van der Waals surface area contributed by atoms with Gasteiger partial charge in [-0.2, -0.15) is 0 Å². The topological polar surface area (TPSA) is 45.3 Å². The van der Waals surface area contributed by atoms with Crippen LogP contribution in [0.1, 0.15) is 13.9 Å². The zero-order valence-corrected chi connectivity index (χ0v) is 10.9. The lowest BCUT2D eigenvalue weighted by Gasteiger charge is -2.09. The van der Waals surface area contributed by atoms with E-state index in [1.807, 2.05) is 37.3 Å². The lowest BCUT2D eigenvalue weighted by atomic mass is 10.1. The number of carbonyl (C=O) groups excluding carboxylic acids is 1. The van der Waals surface area contributed by atoms with Crippen molar-refractivity contribution in [1.82, 2.24) is 9.88 Å². The maximum atomic E-state index is 11.1. The molecule has 0 radical (unpaired) electrons. The highest BCUT2D eigenvalue weighted by molar-refractivity contribution is 5.91. The molecule has 1 unspecified atom stereocenters. The molecule has 4 heteroatoms. The number of fused-ring (bicyclic) bond motifs is 1. The molecule has 0 spiro atoms.